The second kappa shape index (κ2) is 7.32. The Kier molecular flexibility index (Phi) is 4.76. The quantitative estimate of drug-likeness (QED) is 0.756. The molecule has 0 saturated heterocycles. The second-order valence-corrected chi connectivity index (χ2v) is 5.05. The molecule has 0 aliphatic heterocycles. The van der Waals surface area contributed by atoms with Crippen molar-refractivity contribution in [3.63, 3.8) is 0 Å². The Morgan fingerprint density at radius 1 is 0.958 bits per heavy atom. The van der Waals surface area contributed by atoms with Crippen molar-refractivity contribution in [3.8, 4) is 0 Å². The van der Waals surface area contributed by atoms with Gasteiger partial charge in [0.25, 0.3) is 5.91 Å². The van der Waals surface area contributed by atoms with Gasteiger partial charge in [0.15, 0.2) is 0 Å². The van der Waals surface area contributed by atoms with Crippen molar-refractivity contribution in [1.82, 2.24) is 15.3 Å². The van der Waals surface area contributed by atoms with Crippen molar-refractivity contribution < 1.29 is 9.18 Å². The van der Waals surface area contributed by atoms with Crippen LogP contribution in [0.3, 0.4) is 0 Å². The molecule has 0 fully saturated rings. The maximum absolute atomic E-state index is 13.5. The highest BCUT2D eigenvalue weighted by Gasteiger charge is 2.09. The van der Waals surface area contributed by atoms with E-state index in [0.29, 0.717) is 11.4 Å². The van der Waals surface area contributed by atoms with E-state index in [1.165, 1.54) is 18.5 Å². The van der Waals surface area contributed by atoms with Gasteiger partial charge in [0.05, 0.1) is 12.4 Å². The SMILES string of the molecule is O=C(NCc1ccccc1F)c1cnc(Nc2ccccc2)cn1. The zero-order valence-corrected chi connectivity index (χ0v) is 12.7. The van der Waals surface area contributed by atoms with Crippen LogP contribution in [0.2, 0.25) is 0 Å². The van der Waals surface area contributed by atoms with Crippen molar-refractivity contribution in [2.45, 2.75) is 6.54 Å². The Morgan fingerprint density at radius 2 is 1.71 bits per heavy atom. The molecule has 1 amide bonds. The first-order valence-electron chi connectivity index (χ1n) is 7.38. The first-order valence-corrected chi connectivity index (χ1v) is 7.38. The van der Waals surface area contributed by atoms with Crippen LogP contribution in [-0.2, 0) is 6.54 Å². The molecular formula is C18H15FN4O. The number of rotatable bonds is 5. The molecule has 0 radical (unpaired) electrons. The Morgan fingerprint density at radius 3 is 2.42 bits per heavy atom. The molecule has 2 N–H and O–H groups in total. The van der Waals surface area contributed by atoms with Crippen LogP contribution >= 0.6 is 0 Å². The fraction of sp³-hybridized carbons (Fsp3) is 0.0556. The summed E-state index contributed by atoms with van der Waals surface area (Å²) in [5, 5.41) is 5.70. The zero-order valence-electron chi connectivity index (χ0n) is 12.7. The van der Waals surface area contributed by atoms with Gasteiger partial charge in [-0.15, -0.1) is 0 Å². The third-order valence-electron chi connectivity index (χ3n) is 3.33. The molecule has 24 heavy (non-hydrogen) atoms. The minimum atomic E-state index is -0.406. The van der Waals surface area contributed by atoms with Gasteiger partial charge in [-0.05, 0) is 18.2 Å². The Labute approximate surface area is 138 Å². The molecule has 120 valence electrons. The minimum absolute atomic E-state index is 0.0944. The molecule has 1 aromatic heterocycles. The lowest BCUT2D eigenvalue weighted by Gasteiger charge is -2.07. The predicted octanol–water partition coefficient (Wildman–Crippen LogP) is 3.29. The van der Waals surface area contributed by atoms with Crippen LogP contribution < -0.4 is 10.6 Å². The number of carbonyl (C=O) groups is 1. The largest absolute Gasteiger partial charge is 0.346 e. The molecular weight excluding hydrogens is 307 g/mol. The highest BCUT2D eigenvalue weighted by Crippen LogP contribution is 2.12. The number of hydrogen-bond donors (Lipinski definition) is 2. The lowest BCUT2D eigenvalue weighted by Crippen LogP contribution is -2.24. The van der Waals surface area contributed by atoms with Crippen molar-refractivity contribution in [1.29, 1.82) is 0 Å². The number of hydrogen-bond acceptors (Lipinski definition) is 4. The number of halogens is 1. The molecule has 2 aromatic carbocycles. The van der Waals surface area contributed by atoms with Crippen molar-refractivity contribution in [2.24, 2.45) is 0 Å². The van der Waals surface area contributed by atoms with E-state index < -0.39 is 5.91 Å². The summed E-state index contributed by atoms with van der Waals surface area (Å²) in [6.45, 7) is 0.0944. The molecule has 0 bridgehead atoms. The van der Waals surface area contributed by atoms with E-state index in [4.69, 9.17) is 0 Å². The number of aromatic nitrogens is 2. The second-order valence-electron chi connectivity index (χ2n) is 5.05. The van der Waals surface area contributed by atoms with Gasteiger partial charge in [-0.25, -0.2) is 14.4 Å². The van der Waals surface area contributed by atoms with Crippen LogP contribution in [0, 0.1) is 5.82 Å². The fourth-order valence-electron chi connectivity index (χ4n) is 2.09. The zero-order chi connectivity index (χ0) is 16.8. The highest BCUT2D eigenvalue weighted by molar-refractivity contribution is 5.92. The van der Waals surface area contributed by atoms with Crippen molar-refractivity contribution in [3.05, 3.63) is 84.1 Å². The van der Waals surface area contributed by atoms with Gasteiger partial charge in [-0.1, -0.05) is 36.4 Å². The number of benzene rings is 2. The van der Waals surface area contributed by atoms with E-state index in [9.17, 15) is 9.18 Å². The number of para-hydroxylation sites is 1. The van der Waals surface area contributed by atoms with E-state index in [2.05, 4.69) is 20.6 Å². The number of anilines is 2. The summed E-state index contributed by atoms with van der Waals surface area (Å²) in [6, 6.07) is 15.8. The van der Waals surface area contributed by atoms with Crippen LogP contribution in [0.15, 0.2) is 67.0 Å². The van der Waals surface area contributed by atoms with E-state index in [0.717, 1.165) is 5.69 Å². The summed E-state index contributed by atoms with van der Waals surface area (Å²) in [4.78, 5) is 20.3. The molecule has 0 aliphatic rings. The maximum Gasteiger partial charge on any atom is 0.271 e. The Bertz CT molecular complexity index is 822. The van der Waals surface area contributed by atoms with Gasteiger partial charge in [-0.3, -0.25) is 4.79 Å². The summed E-state index contributed by atoms with van der Waals surface area (Å²) in [5.41, 5.74) is 1.47. The molecule has 0 spiro atoms. The van der Waals surface area contributed by atoms with Crippen LogP contribution in [0.25, 0.3) is 0 Å². The standard InChI is InChI=1S/C18H15FN4O/c19-15-9-5-4-6-13(15)10-22-18(24)16-11-21-17(12-20-16)23-14-7-2-1-3-8-14/h1-9,11-12H,10H2,(H,21,23)(H,22,24). The van der Waals surface area contributed by atoms with Gasteiger partial charge < -0.3 is 10.6 Å². The van der Waals surface area contributed by atoms with Crippen LogP contribution in [0.4, 0.5) is 15.9 Å². The number of amides is 1. The molecule has 0 unspecified atom stereocenters. The summed E-state index contributed by atoms with van der Waals surface area (Å²) in [6.07, 6.45) is 2.85. The summed E-state index contributed by atoms with van der Waals surface area (Å²) in [7, 11) is 0. The van der Waals surface area contributed by atoms with Crippen LogP contribution in [0.1, 0.15) is 16.1 Å². The van der Waals surface area contributed by atoms with E-state index in [1.807, 2.05) is 30.3 Å². The van der Waals surface area contributed by atoms with Crippen LogP contribution in [-0.4, -0.2) is 15.9 Å². The normalized spacial score (nSPS) is 10.2. The average Bonchev–Trinajstić information content (AvgIpc) is 2.62. The van der Waals surface area contributed by atoms with Crippen LogP contribution in [0.5, 0.6) is 0 Å². The van der Waals surface area contributed by atoms with E-state index >= 15 is 0 Å². The topological polar surface area (TPSA) is 66.9 Å². The Hall–Kier alpha value is -3.28. The fourth-order valence-corrected chi connectivity index (χ4v) is 2.09. The van der Waals surface area contributed by atoms with Crippen molar-refractivity contribution >= 4 is 17.4 Å². The predicted molar refractivity (Wildman–Crippen MR) is 89.3 cm³/mol. The van der Waals surface area contributed by atoms with Gasteiger partial charge in [0.2, 0.25) is 0 Å². The summed E-state index contributed by atoms with van der Waals surface area (Å²) >= 11 is 0. The summed E-state index contributed by atoms with van der Waals surface area (Å²) in [5.74, 6) is -0.227. The molecule has 0 atom stereocenters. The van der Waals surface area contributed by atoms with E-state index in [1.54, 1.807) is 18.2 Å². The third-order valence-corrected chi connectivity index (χ3v) is 3.33. The van der Waals surface area contributed by atoms with Gasteiger partial charge in [0, 0.05) is 17.8 Å². The molecule has 3 aromatic rings. The average molecular weight is 322 g/mol. The smallest absolute Gasteiger partial charge is 0.271 e. The molecule has 5 nitrogen and oxygen atoms in total. The monoisotopic (exact) mass is 322 g/mol. The molecule has 0 aliphatic carbocycles. The molecule has 1 heterocycles. The first-order chi connectivity index (χ1) is 11.7. The van der Waals surface area contributed by atoms with Gasteiger partial charge >= 0.3 is 0 Å². The minimum Gasteiger partial charge on any atom is -0.346 e. The number of nitrogens with one attached hydrogen (secondary N) is 2. The van der Waals surface area contributed by atoms with Crippen molar-refractivity contribution in [2.75, 3.05) is 5.32 Å². The number of carbonyl (C=O) groups excluding carboxylic acids is 1. The third kappa shape index (κ3) is 3.92. The molecule has 6 heteroatoms. The Balaban J connectivity index is 1.61. The highest BCUT2D eigenvalue weighted by atomic mass is 19.1. The lowest BCUT2D eigenvalue weighted by molar-refractivity contribution is 0.0945. The number of nitrogens with zero attached hydrogens (tertiary/aromatic N) is 2. The maximum atomic E-state index is 13.5. The first kappa shape index (κ1) is 15.6. The van der Waals surface area contributed by atoms with Gasteiger partial charge in [0.1, 0.15) is 17.3 Å². The molecule has 3 rings (SSSR count). The summed E-state index contributed by atoms with van der Waals surface area (Å²) < 4.78 is 13.5. The van der Waals surface area contributed by atoms with Gasteiger partial charge in [-0.2, -0.15) is 0 Å². The molecule has 0 saturated carbocycles. The lowest BCUT2D eigenvalue weighted by atomic mass is 10.2. The van der Waals surface area contributed by atoms with E-state index in [-0.39, 0.29) is 18.1 Å².